The van der Waals surface area contributed by atoms with E-state index in [0.29, 0.717) is 0 Å². The molecule has 0 aromatic carbocycles. The minimum absolute atomic E-state index is 0.135. The molecule has 0 saturated heterocycles. The molecule has 2 aromatic rings. The summed E-state index contributed by atoms with van der Waals surface area (Å²) in [6.07, 6.45) is 5.27. The van der Waals surface area contributed by atoms with Gasteiger partial charge in [-0.05, 0) is 42.2 Å². The number of nitrogens with zero attached hydrogens (tertiary/aromatic N) is 1. The summed E-state index contributed by atoms with van der Waals surface area (Å²) >= 11 is 1.75. The first-order valence-electron chi connectivity index (χ1n) is 4.91. The lowest BCUT2D eigenvalue weighted by atomic mass is 9.75. The largest absolute Gasteiger partial charge is 0.320 e. The molecule has 2 aromatic heterocycles. The topological polar surface area (TPSA) is 38.9 Å². The Bertz CT molecular complexity index is 471. The van der Waals surface area contributed by atoms with E-state index in [1.54, 1.807) is 11.3 Å². The molecule has 1 fully saturated rings. The van der Waals surface area contributed by atoms with Crippen LogP contribution in [0.2, 0.25) is 0 Å². The average Bonchev–Trinajstić information content (AvgIpc) is 2.61. The number of fused-ring (bicyclic) bond motifs is 1. The van der Waals surface area contributed by atoms with Crippen molar-refractivity contribution in [2.45, 2.75) is 24.8 Å². The van der Waals surface area contributed by atoms with Crippen LogP contribution in [0.3, 0.4) is 0 Å². The van der Waals surface area contributed by atoms with Crippen molar-refractivity contribution in [3.8, 4) is 0 Å². The van der Waals surface area contributed by atoms with Crippen LogP contribution < -0.4 is 5.73 Å². The molecule has 1 aliphatic carbocycles. The Morgan fingerprint density at radius 3 is 2.93 bits per heavy atom. The SMILES string of the molecule is NC1(c2nccc3ccsc23)CCC1. The molecule has 2 heterocycles. The quantitative estimate of drug-likeness (QED) is 0.775. The molecule has 3 rings (SSSR count). The van der Waals surface area contributed by atoms with E-state index in [1.165, 1.54) is 16.5 Å². The van der Waals surface area contributed by atoms with Gasteiger partial charge in [-0.15, -0.1) is 11.3 Å². The van der Waals surface area contributed by atoms with Gasteiger partial charge in [0.25, 0.3) is 0 Å². The van der Waals surface area contributed by atoms with Crippen molar-refractivity contribution in [1.82, 2.24) is 4.98 Å². The second kappa shape index (κ2) is 2.78. The number of nitrogens with two attached hydrogens (primary N) is 1. The second-order valence-electron chi connectivity index (χ2n) is 4.01. The highest BCUT2D eigenvalue weighted by Gasteiger charge is 2.37. The van der Waals surface area contributed by atoms with Crippen molar-refractivity contribution < 1.29 is 0 Å². The lowest BCUT2D eigenvalue weighted by Crippen LogP contribution is -2.44. The predicted octanol–water partition coefficient (Wildman–Crippen LogP) is 2.63. The highest BCUT2D eigenvalue weighted by molar-refractivity contribution is 7.17. The zero-order valence-corrected chi connectivity index (χ0v) is 8.68. The van der Waals surface area contributed by atoms with Crippen LogP contribution in [0, 0.1) is 0 Å². The molecule has 0 spiro atoms. The molecule has 0 radical (unpaired) electrons. The molecule has 0 unspecified atom stereocenters. The van der Waals surface area contributed by atoms with Gasteiger partial charge in [0.05, 0.1) is 15.9 Å². The maximum absolute atomic E-state index is 6.29. The Hall–Kier alpha value is -0.930. The van der Waals surface area contributed by atoms with E-state index in [9.17, 15) is 0 Å². The number of pyridine rings is 1. The Labute approximate surface area is 86.8 Å². The van der Waals surface area contributed by atoms with Crippen molar-refractivity contribution in [3.05, 3.63) is 29.4 Å². The molecule has 14 heavy (non-hydrogen) atoms. The van der Waals surface area contributed by atoms with Gasteiger partial charge in [0.2, 0.25) is 0 Å². The summed E-state index contributed by atoms with van der Waals surface area (Å²) in [6, 6.07) is 4.19. The van der Waals surface area contributed by atoms with E-state index in [4.69, 9.17) is 5.73 Å². The average molecular weight is 204 g/mol. The van der Waals surface area contributed by atoms with Gasteiger partial charge < -0.3 is 5.73 Å². The third-order valence-corrected chi connectivity index (χ3v) is 4.02. The van der Waals surface area contributed by atoms with Crippen molar-refractivity contribution in [2.75, 3.05) is 0 Å². The van der Waals surface area contributed by atoms with Crippen molar-refractivity contribution >= 4 is 21.4 Å². The first-order chi connectivity index (χ1) is 6.80. The van der Waals surface area contributed by atoms with E-state index >= 15 is 0 Å². The van der Waals surface area contributed by atoms with Gasteiger partial charge >= 0.3 is 0 Å². The number of hydrogen-bond acceptors (Lipinski definition) is 3. The lowest BCUT2D eigenvalue weighted by Gasteiger charge is -2.37. The van der Waals surface area contributed by atoms with Gasteiger partial charge in [-0.1, -0.05) is 0 Å². The Morgan fingerprint density at radius 2 is 2.21 bits per heavy atom. The van der Waals surface area contributed by atoms with Crippen LogP contribution in [0.25, 0.3) is 10.1 Å². The van der Waals surface area contributed by atoms with Crippen LogP contribution in [0.1, 0.15) is 25.0 Å². The summed E-state index contributed by atoms with van der Waals surface area (Å²) in [5, 5.41) is 3.38. The molecule has 2 nitrogen and oxygen atoms in total. The highest BCUT2D eigenvalue weighted by atomic mass is 32.1. The van der Waals surface area contributed by atoms with E-state index < -0.39 is 0 Å². The molecule has 72 valence electrons. The van der Waals surface area contributed by atoms with Gasteiger partial charge in [0.15, 0.2) is 0 Å². The maximum Gasteiger partial charge on any atom is 0.0780 e. The minimum atomic E-state index is -0.135. The molecule has 1 saturated carbocycles. The maximum atomic E-state index is 6.29. The number of thiophene rings is 1. The molecule has 0 amide bonds. The zero-order valence-electron chi connectivity index (χ0n) is 7.86. The van der Waals surface area contributed by atoms with E-state index in [0.717, 1.165) is 18.5 Å². The van der Waals surface area contributed by atoms with Gasteiger partial charge in [0, 0.05) is 6.20 Å². The number of rotatable bonds is 1. The zero-order chi connectivity index (χ0) is 9.60. The fourth-order valence-electron chi connectivity index (χ4n) is 2.04. The van der Waals surface area contributed by atoms with Gasteiger partial charge in [-0.2, -0.15) is 0 Å². The lowest BCUT2D eigenvalue weighted by molar-refractivity contribution is 0.249. The van der Waals surface area contributed by atoms with Crippen LogP contribution in [-0.2, 0) is 5.54 Å². The molecule has 0 atom stereocenters. The first-order valence-corrected chi connectivity index (χ1v) is 5.79. The van der Waals surface area contributed by atoms with Crippen LogP contribution >= 0.6 is 11.3 Å². The van der Waals surface area contributed by atoms with Crippen LogP contribution in [0.15, 0.2) is 23.7 Å². The molecule has 3 heteroatoms. The normalized spacial score (nSPS) is 19.5. The highest BCUT2D eigenvalue weighted by Crippen LogP contribution is 2.41. The van der Waals surface area contributed by atoms with Crippen LogP contribution in [0.5, 0.6) is 0 Å². The Morgan fingerprint density at radius 1 is 1.36 bits per heavy atom. The summed E-state index contributed by atoms with van der Waals surface area (Å²) in [5.74, 6) is 0. The van der Waals surface area contributed by atoms with Crippen molar-refractivity contribution in [1.29, 1.82) is 0 Å². The smallest absolute Gasteiger partial charge is 0.0780 e. The van der Waals surface area contributed by atoms with Gasteiger partial charge in [0.1, 0.15) is 0 Å². The summed E-state index contributed by atoms with van der Waals surface area (Å²) in [6.45, 7) is 0. The fraction of sp³-hybridized carbons (Fsp3) is 0.364. The molecule has 0 aliphatic heterocycles. The van der Waals surface area contributed by atoms with E-state index in [1.807, 2.05) is 6.20 Å². The second-order valence-corrected chi connectivity index (χ2v) is 4.92. The third-order valence-electron chi connectivity index (χ3n) is 3.09. The standard InChI is InChI=1S/C11H12N2S/c12-11(4-1-5-11)10-9-8(2-6-13-10)3-7-14-9/h2-3,6-7H,1,4-5,12H2. The fourth-order valence-corrected chi connectivity index (χ4v) is 3.03. The van der Waals surface area contributed by atoms with Crippen LogP contribution in [0.4, 0.5) is 0 Å². The van der Waals surface area contributed by atoms with E-state index in [-0.39, 0.29) is 5.54 Å². The van der Waals surface area contributed by atoms with Gasteiger partial charge in [-0.25, -0.2) is 0 Å². The monoisotopic (exact) mass is 204 g/mol. The third kappa shape index (κ3) is 1.03. The van der Waals surface area contributed by atoms with Crippen LogP contribution in [-0.4, -0.2) is 4.98 Å². The summed E-state index contributed by atoms with van der Waals surface area (Å²) in [5.41, 5.74) is 7.27. The van der Waals surface area contributed by atoms with Crippen molar-refractivity contribution in [3.63, 3.8) is 0 Å². The Balaban J connectivity index is 2.24. The molecule has 1 aliphatic rings. The molecule has 0 bridgehead atoms. The minimum Gasteiger partial charge on any atom is -0.320 e. The number of aromatic nitrogens is 1. The first kappa shape index (κ1) is 8.38. The number of hydrogen-bond donors (Lipinski definition) is 1. The summed E-state index contributed by atoms with van der Waals surface area (Å²) in [7, 11) is 0. The summed E-state index contributed by atoms with van der Waals surface area (Å²) < 4.78 is 1.27. The van der Waals surface area contributed by atoms with Crippen molar-refractivity contribution in [2.24, 2.45) is 5.73 Å². The molecular formula is C11H12N2S. The predicted molar refractivity (Wildman–Crippen MR) is 59.3 cm³/mol. The Kier molecular flexibility index (Phi) is 1.66. The van der Waals surface area contributed by atoms with E-state index in [2.05, 4.69) is 22.5 Å². The molecular weight excluding hydrogens is 192 g/mol. The molecule has 2 N–H and O–H groups in total. The summed E-state index contributed by atoms with van der Waals surface area (Å²) in [4.78, 5) is 4.46. The van der Waals surface area contributed by atoms with Gasteiger partial charge in [-0.3, -0.25) is 4.98 Å².